The molecule has 3 heteroatoms. The molecule has 1 heterocycles. The summed E-state index contributed by atoms with van der Waals surface area (Å²) in [4.78, 5) is 10.8. The first-order valence-electron chi connectivity index (χ1n) is 4.87. The maximum absolute atomic E-state index is 10.8. The highest BCUT2D eigenvalue weighted by Crippen LogP contribution is 2.29. The van der Waals surface area contributed by atoms with Crippen LogP contribution in [-0.4, -0.2) is 24.3 Å². The molecule has 0 spiro atoms. The molecule has 0 bridgehead atoms. The van der Waals surface area contributed by atoms with Gasteiger partial charge in [0.15, 0.2) is 5.79 Å². The monoisotopic (exact) mass is 186 g/mol. The van der Waals surface area contributed by atoms with Crippen LogP contribution in [0.3, 0.4) is 0 Å². The quantitative estimate of drug-likeness (QED) is 0.672. The Hall–Kier alpha value is -0.410. The molecule has 3 nitrogen and oxygen atoms in total. The van der Waals surface area contributed by atoms with E-state index in [1.165, 1.54) is 0 Å². The van der Waals surface area contributed by atoms with E-state index in [0.29, 0.717) is 19.4 Å². The SMILES string of the molecule is CCC1COC(C)(CCC(C)=O)O1. The predicted octanol–water partition coefficient (Wildman–Crippen LogP) is 1.90. The number of hydrogen-bond donors (Lipinski definition) is 0. The normalized spacial score (nSPS) is 33.6. The Bertz CT molecular complexity index is 191. The molecule has 1 fully saturated rings. The van der Waals surface area contributed by atoms with Crippen LogP contribution in [0.25, 0.3) is 0 Å². The lowest BCUT2D eigenvalue weighted by Gasteiger charge is -2.22. The summed E-state index contributed by atoms with van der Waals surface area (Å²) in [5, 5.41) is 0. The van der Waals surface area contributed by atoms with E-state index in [4.69, 9.17) is 9.47 Å². The van der Waals surface area contributed by atoms with E-state index in [1.807, 2.05) is 6.92 Å². The van der Waals surface area contributed by atoms with Crippen molar-refractivity contribution in [1.29, 1.82) is 0 Å². The highest BCUT2D eigenvalue weighted by Gasteiger charge is 2.35. The zero-order chi connectivity index (χ0) is 9.90. The highest BCUT2D eigenvalue weighted by atomic mass is 16.7. The van der Waals surface area contributed by atoms with E-state index >= 15 is 0 Å². The van der Waals surface area contributed by atoms with Gasteiger partial charge in [-0.1, -0.05) is 6.92 Å². The van der Waals surface area contributed by atoms with Gasteiger partial charge in [0.05, 0.1) is 12.7 Å². The van der Waals surface area contributed by atoms with Crippen molar-refractivity contribution in [3.63, 3.8) is 0 Å². The average Bonchev–Trinajstić information content (AvgIpc) is 2.45. The van der Waals surface area contributed by atoms with Gasteiger partial charge in [0, 0.05) is 12.8 Å². The van der Waals surface area contributed by atoms with Crippen LogP contribution >= 0.6 is 0 Å². The highest BCUT2D eigenvalue weighted by molar-refractivity contribution is 5.75. The Balaban J connectivity index is 2.35. The van der Waals surface area contributed by atoms with Gasteiger partial charge in [-0.3, -0.25) is 0 Å². The zero-order valence-electron chi connectivity index (χ0n) is 8.63. The second-order valence-corrected chi connectivity index (χ2v) is 3.79. The van der Waals surface area contributed by atoms with Gasteiger partial charge >= 0.3 is 0 Å². The van der Waals surface area contributed by atoms with Gasteiger partial charge in [-0.05, 0) is 20.3 Å². The van der Waals surface area contributed by atoms with Gasteiger partial charge in [0.2, 0.25) is 0 Å². The van der Waals surface area contributed by atoms with E-state index in [-0.39, 0.29) is 11.9 Å². The molecule has 0 saturated carbocycles. The molecule has 1 saturated heterocycles. The maximum Gasteiger partial charge on any atom is 0.166 e. The van der Waals surface area contributed by atoms with Crippen LogP contribution in [0.4, 0.5) is 0 Å². The first kappa shape index (κ1) is 10.7. The second-order valence-electron chi connectivity index (χ2n) is 3.79. The largest absolute Gasteiger partial charge is 0.348 e. The fourth-order valence-electron chi connectivity index (χ4n) is 1.43. The Kier molecular flexibility index (Phi) is 3.45. The van der Waals surface area contributed by atoms with Crippen molar-refractivity contribution in [3.8, 4) is 0 Å². The molecule has 0 aromatic carbocycles. The van der Waals surface area contributed by atoms with Crippen LogP contribution in [-0.2, 0) is 14.3 Å². The molecule has 2 atom stereocenters. The van der Waals surface area contributed by atoms with Crippen molar-refractivity contribution in [2.45, 2.75) is 51.9 Å². The number of Topliss-reactive ketones (excluding diaryl/α,β-unsaturated/α-hetero) is 1. The van der Waals surface area contributed by atoms with Crippen molar-refractivity contribution in [2.24, 2.45) is 0 Å². The van der Waals surface area contributed by atoms with E-state index in [0.717, 1.165) is 6.42 Å². The molecule has 2 unspecified atom stereocenters. The lowest BCUT2D eigenvalue weighted by atomic mass is 10.1. The molecule has 1 rings (SSSR count). The predicted molar refractivity (Wildman–Crippen MR) is 49.4 cm³/mol. The Labute approximate surface area is 79.4 Å². The third-order valence-corrected chi connectivity index (χ3v) is 2.38. The summed E-state index contributed by atoms with van der Waals surface area (Å²) in [5.74, 6) is -0.333. The summed E-state index contributed by atoms with van der Waals surface area (Å²) in [6.07, 6.45) is 2.37. The Morgan fingerprint density at radius 2 is 2.31 bits per heavy atom. The molecule has 0 aromatic rings. The second kappa shape index (κ2) is 4.20. The Morgan fingerprint density at radius 3 is 2.77 bits per heavy atom. The van der Waals surface area contributed by atoms with Gasteiger partial charge in [0.1, 0.15) is 5.78 Å². The maximum atomic E-state index is 10.8. The number of carbonyl (C=O) groups is 1. The van der Waals surface area contributed by atoms with E-state index in [9.17, 15) is 4.79 Å². The topological polar surface area (TPSA) is 35.5 Å². The van der Waals surface area contributed by atoms with E-state index < -0.39 is 5.79 Å². The van der Waals surface area contributed by atoms with Crippen molar-refractivity contribution in [2.75, 3.05) is 6.61 Å². The van der Waals surface area contributed by atoms with Gasteiger partial charge in [-0.2, -0.15) is 0 Å². The number of ether oxygens (including phenoxy) is 2. The molecule has 1 aliphatic rings. The summed E-state index contributed by atoms with van der Waals surface area (Å²) in [7, 11) is 0. The lowest BCUT2D eigenvalue weighted by Crippen LogP contribution is -2.27. The molecule has 1 aliphatic heterocycles. The summed E-state index contributed by atoms with van der Waals surface area (Å²) in [6.45, 7) is 6.23. The van der Waals surface area contributed by atoms with Crippen molar-refractivity contribution < 1.29 is 14.3 Å². The first-order chi connectivity index (χ1) is 6.06. The molecule has 0 radical (unpaired) electrons. The van der Waals surface area contributed by atoms with Gasteiger partial charge in [-0.25, -0.2) is 0 Å². The molecular weight excluding hydrogens is 168 g/mol. The van der Waals surface area contributed by atoms with Crippen LogP contribution in [0.15, 0.2) is 0 Å². The molecule has 0 amide bonds. The molecule has 0 aromatic heterocycles. The minimum absolute atomic E-state index is 0.188. The van der Waals surface area contributed by atoms with E-state index in [1.54, 1.807) is 6.92 Å². The summed E-state index contributed by atoms with van der Waals surface area (Å²) in [5.41, 5.74) is 0. The lowest BCUT2D eigenvalue weighted by molar-refractivity contribution is -0.161. The van der Waals surface area contributed by atoms with Gasteiger partial charge in [0.25, 0.3) is 0 Å². The van der Waals surface area contributed by atoms with Crippen LogP contribution in [0.5, 0.6) is 0 Å². The summed E-state index contributed by atoms with van der Waals surface area (Å²) >= 11 is 0. The fraction of sp³-hybridized carbons (Fsp3) is 0.900. The number of carbonyl (C=O) groups excluding carboxylic acids is 1. The van der Waals surface area contributed by atoms with E-state index in [2.05, 4.69) is 6.92 Å². The molecule has 0 aliphatic carbocycles. The van der Waals surface area contributed by atoms with Crippen LogP contribution < -0.4 is 0 Å². The minimum Gasteiger partial charge on any atom is -0.348 e. The van der Waals surface area contributed by atoms with Gasteiger partial charge in [-0.15, -0.1) is 0 Å². The van der Waals surface area contributed by atoms with Crippen LogP contribution in [0, 0.1) is 0 Å². The molecule has 13 heavy (non-hydrogen) atoms. The number of ketones is 1. The molecule has 76 valence electrons. The van der Waals surface area contributed by atoms with Crippen LogP contribution in [0.1, 0.15) is 40.0 Å². The van der Waals surface area contributed by atoms with Crippen molar-refractivity contribution >= 4 is 5.78 Å². The summed E-state index contributed by atoms with van der Waals surface area (Å²) < 4.78 is 11.2. The van der Waals surface area contributed by atoms with Crippen molar-refractivity contribution in [3.05, 3.63) is 0 Å². The smallest absolute Gasteiger partial charge is 0.166 e. The first-order valence-corrected chi connectivity index (χ1v) is 4.87. The average molecular weight is 186 g/mol. The molecular formula is C10H18O3. The minimum atomic E-state index is -0.521. The third-order valence-electron chi connectivity index (χ3n) is 2.38. The van der Waals surface area contributed by atoms with Crippen LogP contribution in [0.2, 0.25) is 0 Å². The van der Waals surface area contributed by atoms with Gasteiger partial charge < -0.3 is 14.3 Å². The number of rotatable bonds is 4. The zero-order valence-corrected chi connectivity index (χ0v) is 8.63. The third kappa shape index (κ3) is 3.08. The molecule has 0 N–H and O–H groups in total. The Morgan fingerprint density at radius 1 is 1.62 bits per heavy atom. The number of hydrogen-bond acceptors (Lipinski definition) is 3. The fourth-order valence-corrected chi connectivity index (χ4v) is 1.43. The summed E-state index contributed by atoms with van der Waals surface area (Å²) in [6, 6.07) is 0. The standard InChI is InChI=1S/C10H18O3/c1-4-9-7-12-10(3,13-9)6-5-8(2)11/h9H,4-7H2,1-3H3. The van der Waals surface area contributed by atoms with Crippen molar-refractivity contribution in [1.82, 2.24) is 0 Å².